The Hall–Kier alpha value is -0.990. The first-order valence-corrected chi connectivity index (χ1v) is 6.98. The Balaban J connectivity index is 2.11. The molecule has 0 aliphatic carbocycles. The predicted octanol–water partition coefficient (Wildman–Crippen LogP) is 5.33. The van der Waals surface area contributed by atoms with Crippen molar-refractivity contribution in [1.29, 1.82) is 0 Å². The Labute approximate surface area is 121 Å². The number of benzene rings is 2. The first-order valence-electron chi connectivity index (χ1n) is 5.81. The number of nitrogens with one attached hydrogen (secondary N) is 1. The molecule has 1 nitrogen and oxygen atoms in total. The zero-order chi connectivity index (χ0) is 13.1. The lowest BCUT2D eigenvalue weighted by atomic mass is 10.1. The largest absolute Gasteiger partial charge is 0.381 e. The molecule has 0 fully saturated rings. The van der Waals surface area contributed by atoms with E-state index in [2.05, 4.69) is 59.4 Å². The Kier molecular flexibility index (Phi) is 4.31. The van der Waals surface area contributed by atoms with Crippen LogP contribution in [0.5, 0.6) is 0 Å². The summed E-state index contributed by atoms with van der Waals surface area (Å²) in [6, 6.07) is 12.4. The molecule has 0 aliphatic rings. The summed E-state index contributed by atoms with van der Waals surface area (Å²) in [6.07, 6.45) is 0. The third kappa shape index (κ3) is 3.27. The minimum Gasteiger partial charge on any atom is -0.381 e. The van der Waals surface area contributed by atoms with Gasteiger partial charge in [-0.2, -0.15) is 0 Å². The summed E-state index contributed by atoms with van der Waals surface area (Å²) in [5.41, 5.74) is 4.86. The van der Waals surface area contributed by atoms with Gasteiger partial charge in [-0.15, -0.1) is 0 Å². The van der Waals surface area contributed by atoms with E-state index in [0.717, 1.165) is 16.0 Å². The van der Waals surface area contributed by atoms with Gasteiger partial charge in [-0.3, -0.25) is 0 Å². The van der Waals surface area contributed by atoms with Crippen LogP contribution in [0.3, 0.4) is 0 Å². The van der Waals surface area contributed by atoms with Gasteiger partial charge >= 0.3 is 0 Å². The fourth-order valence-corrected chi connectivity index (χ4v) is 2.22. The number of rotatable bonds is 3. The summed E-state index contributed by atoms with van der Waals surface area (Å²) in [5.74, 6) is 0. The number of hydrogen-bond donors (Lipinski definition) is 1. The lowest BCUT2D eigenvalue weighted by Gasteiger charge is -2.11. The second-order valence-corrected chi connectivity index (χ2v) is 5.68. The standard InChI is InChI=1S/C15H15BrClN/c1-10-3-4-11(2)15(7-10)18-9-12-5-6-13(16)14(17)8-12/h3-8,18H,9H2,1-2H3. The zero-order valence-corrected chi connectivity index (χ0v) is 12.8. The summed E-state index contributed by atoms with van der Waals surface area (Å²) in [4.78, 5) is 0. The van der Waals surface area contributed by atoms with Crippen LogP contribution in [-0.4, -0.2) is 0 Å². The SMILES string of the molecule is Cc1ccc(C)c(NCc2ccc(Br)c(Cl)c2)c1. The fourth-order valence-electron chi connectivity index (χ4n) is 1.77. The smallest absolute Gasteiger partial charge is 0.0551 e. The molecule has 0 atom stereocenters. The van der Waals surface area contributed by atoms with E-state index in [0.29, 0.717) is 0 Å². The van der Waals surface area contributed by atoms with Gasteiger partial charge in [-0.25, -0.2) is 0 Å². The van der Waals surface area contributed by atoms with E-state index in [1.54, 1.807) is 0 Å². The van der Waals surface area contributed by atoms with Crippen molar-refractivity contribution < 1.29 is 0 Å². The van der Waals surface area contributed by atoms with Crippen LogP contribution in [0.15, 0.2) is 40.9 Å². The molecule has 1 N–H and O–H groups in total. The number of aryl methyl sites for hydroxylation is 2. The van der Waals surface area contributed by atoms with Crippen molar-refractivity contribution in [1.82, 2.24) is 0 Å². The molecule has 0 heterocycles. The van der Waals surface area contributed by atoms with Crippen molar-refractivity contribution in [2.24, 2.45) is 0 Å². The lowest BCUT2D eigenvalue weighted by Crippen LogP contribution is -2.01. The van der Waals surface area contributed by atoms with Crippen LogP contribution < -0.4 is 5.32 Å². The van der Waals surface area contributed by atoms with Crippen LogP contribution >= 0.6 is 27.5 Å². The highest BCUT2D eigenvalue weighted by molar-refractivity contribution is 9.10. The molecule has 0 saturated carbocycles. The van der Waals surface area contributed by atoms with E-state index < -0.39 is 0 Å². The molecule has 2 rings (SSSR count). The van der Waals surface area contributed by atoms with Gasteiger partial charge in [0, 0.05) is 16.7 Å². The summed E-state index contributed by atoms with van der Waals surface area (Å²) in [5, 5.41) is 4.19. The quantitative estimate of drug-likeness (QED) is 0.804. The third-order valence-corrected chi connectivity index (χ3v) is 4.09. The predicted molar refractivity (Wildman–Crippen MR) is 82.4 cm³/mol. The molecule has 0 radical (unpaired) electrons. The van der Waals surface area contributed by atoms with E-state index in [9.17, 15) is 0 Å². The van der Waals surface area contributed by atoms with E-state index in [1.807, 2.05) is 12.1 Å². The van der Waals surface area contributed by atoms with Crippen LogP contribution in [0.4, 0.5) is 5.69 Å². The Morgan fingerprint density at radius 1 is 1.11 bits per heavy atom. The summed E-state index contributed by atoms with van der Waals surface area (Å²) in [6.45, 7) is 4.98. The number of halogens is 2. The van der Waals surface area contributed by atoms with Crippen molar-refractivity contribution >= 4 is 33.2 Å². The van der Waals surface area contributed by atoms with Crippen molar-refractivity contribution in [3.05, 3.63) is 62.6 Å². The van der Waals surface area contributed by atoms with Gasteiger partial charge in [0.2, 0.25) is 0 Å². The molecular formula is C15H15BrClN. The monoisotopic (exact) mass is 323 g/mol. The molecule has 0 unspecified atom stereocenters. The molecule has 18 heavy (non-hydrogen) atoms. The highest BCUT2D eigenvalue weighted by Crippen LogP contribution is 2.24. The summed E-state index contributed by atoms with van der Waals surface area (Å²) < 4.78 is 0.930. The van der Waals surface area contributed by atoms with Crippen molar-refractivity contribution in [3.8, 4) is 0 Å². The molecular weight excluding hydrogens is 310 g/mol. The first-order chi connectivity index (χ1) is 8.56. The van der Waals surface area contributed by atoms with Crippen LogP contribution in [0, 0.1) is 13.8 Å². The molecule has 0 aliphatic heterocycles. The van der Waals surface area contributed by atoms with E-state index in [1.165, 1.54) is 22.4 Å². The summed E-state index contributed by atoms with van der Waals surface area (Å²) in [7, 11) is 0. The number of anilines is 1. The van der Waals surface area contributed by atoms with Gasteiger partial charge in [0.25, 0.3) is 0 Å². The van der Waals surface area contributed by atoms with Crippen molar-refractivity contribution in [2.75, 3.05) is 5.32 Å². The lowest BCUT2D eigenvalue weighted by molar-refractivity contribution is 1.14. The highest BCUT2D eigenvalue weighted by Gasteiger charge is 2.01. The van der Waals surface area contributed by atoms with Gasteiger partial charge in [-0.05, 0) is 64.7 Å². The normalized spacial score (nSPS) is 10.4. The highest BCUT2D eigenvalue weighted by atomic mass is 79.9. The summed E-state index contributed by atoms with van der Waals surface area (Å²) >= 11 is 9.47. The second kappa shape index (κ2) is 5.77. The molecule has 0 saturated heterocycles. The second-order valence-electron chi connectivity index (χ2n) is 4.42. The van der Waals surface area contributed by atoms with Gasteiger partial charge in [-0.1, -0.05) is 29.8 Å². The van der Waals surface area contributed by atoms with Crippen LogP contribution in [-0.2, 0) is 6.54 Å². The molecule has 3 heteroatoms. The average Bonchev–Trinajstić information content (AvgIpc) is 2.34. The van der Waals surface area contributed by atoms with Crippen LogP contribution in [0.1, 0.15) is 16.7 Å². The van der Waals surface area contributed by atoms with E-state index in [-0.39, 0.29) is 0 Å². The molecule has 2 aromatic rings. The van der Waals surface area contributed by atoms with Crippen molar-refractivity contribution in [2.45, 2.75) is 20.4 Å². The maximum absolute atomic E-state index is 6.08. The first kappa shape index (κ1) is 13.4. The van der Waals surface area contributed by atoms with Gasteiger partial charge in [0.15, 0.2) is 0 Å². The van der Waals surface area contributed by atoms with E-state index >= 15 is 0 Å². The minimum absolute atomic E-state index is 0.746. The average molecular weight is 325 g/mol. The molecule has 0 bridgehead atoms. The van der Waals surface area contributed by atoms with Crippen LogP contribution in [0.25, 0.3) is 0 Å². The topological polar surface area (TPSA) is 12.0 Å². The van der Waals surface area contributed by atoms with Gasteiger partial charge < -0.3 is 5.32 Å². The molecule has 2 aromatic carbocycles. The minimum atomic E-state index is 0.746. The maximum atomic E-state index is 6.08. The Morgan fingerprint density at radius 3 is 2.61 bits per heavy atom. The van der Waals surface area contributed by atoms with Crippen molar-refractivity contribution in [3.63, 3.8) is 0 Å². The van der Waals surface area contributed by atoms with Gasteiger partial charge in [0.05, 0.1) is 5.02 Å². The zero-order valence-electron chi connectivity index (χ0n) is 10.4. The number of hydrogen-bond acceptors (Lipinski definition) is 1. The molecule has 0 aromatic heterocycles. The third-order valence-electron chi connectivity index (χ3n) is 2.86. The van der Waals surface area contributed by atoms with Crippen LogP contribution in [0.2, 0.25) is 5.02 Å². The molecule has 0 spiro atoms. The Bertz CT molecular complexity index is 566. The molecule has 94 valence electrons. The molecule has 0 amide bonds. The van der Waals surface area contributed by atoms with Gasteiger partial charge in [0.1, 0.15) is 0 Å². The maximum Gasteiger partial charge on any atom is 0.0551 e. The Morgan fingerprint density at radius 2 is 1.89 bits per heavy atom. The van der Waals surface area contributed by atoms with E-state index in [4.69, 9.17) is 11.6 Å². The fraction of sp³-hybridized carbons (Fsp3) is 0.200.